The van der Waals surface area contributed by atoms with E-state index < -0.39 is 0 Å². The van der Waals surface area contributed by atoms with E-state index in [-0.39, 0.29) is 110 Å². The number of hydrogen-bond acceptors (Lipinski definition) is 4. The van der Waals surface area contributed by atoms with Crippen molar-refractivity contribution in [3.8, 4) is 22.3 Å². The molecule has 418 valence electrons. The van der Waals surface area contributed by atoms with E-state index in [1.165, 1.54) is 33.1 Å². The number of nitrogens with zero attached hydrogens (tertiary/aromatic N) is 3. The average Bonchev–Trinajstić information content (AvgIpc) is 1.17. The molecule has 0 atom stereocenters. The number of benzene rings is 10. The molecule has 2 aliphatic rings. The van der Waals surface area contributed by atoms with E-state index in [2.05, 4.69) is 286 Å². The summed E-state index contributed by atoms with van der Waals surface area (Å²) in [5.74, 6) is 0. The fourth-order valence-electron chi connectivity index (χ4n) is 12.9. The van der Waals surface area contributed by atoms with Crippen molar-refractivity contribution in [1.82, 2.24) is 0 Å². The van der Waals surface area contributed by atoms with Gasteiger partial charge in [-0.1, -0.05) is 237 Å². The summed E-state index contributed by atoms with van der Waals surface area (Å²) in [5.41, 5.74) is 25.6. The number of anilines is 9. The van der Waals surface area contributed by atoms with Gasteiger partial charge in [-0.15, -0.1) is 28.1 Å². The molecule has 10 aromatic carbocycles. The fraction of sp³-hybridized carbons (Fsp3) is 0.203. The van der Waals surface area contributed by atoms with Gasteiger partial charge >= 0.3 is 81.9 Å². The third-order valence-electron chi connectivity index (χ3n) is 17.4. The molecular weight excluding hydrogens is 1350 g/mol. The van der Waals surface area contributed by atoms with E-state index in [0.29, 0.717) is 0 Å². The summed E-state index contributed by atoms with van der Waals surface area (Å²) in [6.07, 6.45) is 0. The minimum atomic E-state index is -0.309. The van der Waals surface area contributed by atoms with Crippen LogP contribution in [-0.2, 0) is 104 Å². The summed E-state index contributed by atoms with van der Waals surface area (Å²) < 4.78 is 6.63. The summed E-state index contributed by atoms with van der Waals surface area (Å²) in [7, 11) is 0. The Bertz CT molecular complexity index is 4390. The Morgan fingerprint density at radius 3 is 1.75 bits per heavy atom. The zero-order valence-electron chi connectivity index (χ0n) is 52.9. The first-order valence-electron chi connectivity index (χ1n) is 29.5. The van der Waals surface area contributed by atoms with Crippen LogP contribution in [0.5, 0.6) is 0 Å². The monoisotopic (exact) mass is 1430 g/mol. The first-order chi connectivity index (χ1) is 39.9. The van der Waals surface area contributed by atoms with Crippen LogP contribution >= 0.6 is 0 Å². The van der Waals surface area contributed by atoms with Gasteiger partial charge in [0.2, 0.25) is 6.71 Å². The molecule has 87 heavy (non-hydrogen) atoms. The number of rotatable bonds is 7. The molecule has 0 radical (unpaired) electrons. The molecule has 0 amide bonds. The summed E-state index contributed by atoms with van der Waals surface area (Å²) in [6, 6.07) is 77.7. The quantitative estimate of drug-likeness (QED) is 0.117. The van der Waals surface area contributed by atoms with E-state index in [9.17, 15) is 0 Å². The molecule has 8 heteroatoms. The predicted molar refractivity (Wildman–Crippen MR) is 358 cm³/mol. The molecule has 0 aliphatic carbocycles. The van der Waals surface area contributed by atoms with Crippen LogP contribution in [0.1, 0.15) is 122 Å². The Balaban J connectivity index is 0.00000279. The molecule has 0 unspecified atom stereocenters. The maximum absolute atomic E-state index is 6.63. The van der Waals surface area contributed by atoms with Crippen molar-refractivity contribution in [1.29, 1.82) is 0 Å². The Morgan fingerprint density at radius 1 is 0.460 bits per heavy atom. The van der Waals surface area contributed by atoms with Crippen molar-refractivity contribution in [2.75, 3.05) is 14.7 Å². The van der Waals surface area contributed by atoms with Crippen LogP contribution in [0.4, 0.5) is 51.2 Å². The second-order valence-corrected chi connectivity index (χ2v) is 27.3. The maximum atomic E-state index is 6.63. The van der Waals surface area contributed by atoms with Crippen LogP contribution in [0.2, 0.25) is 0 Å². The van der Waals surface area contributed by atoms with Crippen molar-refractivity contribution < 1.29 is 86.3 Å². The summed E-state index contributed by atoms with van der Waals surface area (Å²) in [6.45, 7) is 41.9. The molecule has 0 spiro atoms. The van der Waals surface area contributed by atoms with E-state index in [4.69, 9.17) is 25.2 Å². The smallest absolute Gasteiger partial charge is 0.463 e. The Kier molecular flexibility index (Phi) is 17.4. The Hall–Kier alpha value is -6.16. The summed E-state index contributed by atoms with van der Waals surface area (Å²) in [5, 5.41) is 2.20. The van der Waals surface area contributed by atoms with Crippen LogP contribution in [0.15, 0.2) is 186 Å². The second kappa shape index (κ2) is 23.7. The van der Waals surface area contributed by atoms with E-state index in [1.54, 1.807) is 0 Å². The van der Waals surface area contributed by atoms with Crippen LogP contribution in [-0.4, -0.2) is 6.71 Å². The van der Waals surface area contributed by atoms with Gasteiger partial charge in [-0.05, 0) is 63.3 Å². The van der Waals surface area contributed by atoms with Crippen molar-refractivity contribution in [2.24, 2.45) is 0 Å². The minimum Gasteiger partial charge on any atom is -0.463 e. The van der Waals surface area contributed by atoms with E-state index >= 15 is 0 Å². The van der Waals surface area contributed by atoms with Gasteiger partial charge in [0.25, 0.3) is 0 Å². The molecule has 0 bridgehead atoms. The molecule has 0 saturated heterocycles. The Labute approximate surface area is 578 Å². The topological polar surface area (TPSA) is 22.9 Å². The van der Waals surface area contributed by atoms with Crippen molar-refractivity contribution in [3.63, 3.8) is 0 Å². The van der Waals surface area contributed by atoms with Crippen LogP contribution in [0.25, 0.3) is 44.2 Å². The minimum absolute atomic E-state index is 0. The fourth-order valence-corrected chi connectivity index (χ4v) is 12.9. The molecule has 0 saturated carbocycles. The number of hydrogen-bond donors (Lipinski definition) is 0. The second-order valence-electron chi connectivity index (χ2n) is 27.3. The number of para-hydroxylation sites is 2. The maximum Gasteiger partial charge on any atom is 2.00 e. The standard InChI is InChI=1S/C79H72BN3O.3Cd/c1-49-44-54(52-22-17-16-18-23-52)30-43-68(49)81(58-37-31-55(32-38-58)76(4,5)6)61-41-42-66-69(47-61)82(59-35-28-53(29-36-59)62-25-21-26-64-63-24-19-20-27-71(63)84-75(62)64)70-48-65(79(13,14)15)51(3)74-72(70)80(66)67-46-57(78(10,11)12)45-50(2)73(67)83(74)60-39-33-56(34-40-60)77(7,8)9;;;/h16-35,37-38,41-48H,1-3H2,4-15H3;;;/q-6;3*+2. The Morgan fingerprint density at radius 2 is 1.10 bits per heavy atom. The molecule has 3 heterocycles. The molecule has 4 nitrogen and oxygen atoms in total. The number of furan rings is 1. The van der Waals surface area contributed by atoms with Gasteiger partial charge < -0.3 is 31.2 Å². The average molecular weight is 1430 g/mol. The van der Waals surface area contributed by atoms with Crippen LogP contribution in [0.3, 0.4) is 0 Å². The zero-order valence-corrected chi connectivity index (χ0v) is 65.0. The largest absolute Gasteiger partial charge is 2.00 e. The van der Waals surface area contributed by atoms with Crippen LogP contribution < -0.4 is 31.1 Å². The van der Waals surface area contributed by atoms with E-state index in [0.717, 1.165) is 118 Å². The number of fused-ring (bicyclic) bond motifs is 7. The molecule has 13 rings (SSSR count). The van der Waals surface area contributed by atoms with E-state index in [1.807, 2.05) is 12.1 Å². The first kappa shape index (κ1) is 63.8. The van der Waals surface area contributed by atoms with Crippen LogP contribution in [0, 0.1) is 39.0 Å². The van der Waals surface area contributed by atoms with Gasteiger partial charge in [0.1, 0.15) is 11.2 Å². The van der Waals surface area contributed by atoms with Gasteiger partial charge in [0, 0.05) is 33.5 Å². The SMILES string of the molecule is [CH2-]c1cc(-c2ccccc2)ccc1N(c1ccc(C(C)(C)C)cc1)c1ccc2c(c1)N(c1[c-]cc(-c3cccc4c3oc3ccccc34)cc1)c1cc(C(C)(C)C)c([CH2-])c3c1B2c1cc(C(C)(C)C)cc([CH2-])c1N3c1[c-]cc(C(C)(C)C)c[c-]1.[Cd+2].[Cd+2].[Cd+2]. The third kappa shape index (κ3) is 11.3. The van der Waals surface area contributed by atoms with Crippen molar-refractivity contribution >= 4 is 96.2 Å². The van der Waals surface area contributed by atoms with Crippen molar-refractivity contribution in [2.45, 2.75) is 105 Å². The van der Waals surface area contributed by atoms with Gasteiger partial charge in [-0.25, -0.2) is 5.69 Å². The molecule has 0 N–H and O–H groups in total. The molecule has 1 aromatic heterocycles. The summed E-state index contributed by atoms with van der Waals surface area (Å²) in [4.78, 5) is 7.25. The van der Waals surface area contributed by atoms with Crippen molar-refractivity contribution in [3.05, 3.63) is 260 Å². The molecule has 2 aliphatic heterocycles. The zero-order chi connectivity index (χ0) is 58.9. The van der Waals surface area contributed by atoms with Gasteiger partial charge in [0.15, 0.2) is 0 Å². The molecule has 0 fully saturated rings. The van der Waals surface area contributed by atoms with Gasteiger partial charge in [-0.2, -0.15) is 67.8 Å². The first-order valence-corrected chi connectivity index (χ1v) is 29.5. The third-order valence-corrected chi connectivity index (χ3v) is 17.4. The molecular formula is C79H72BCd3N3O. The normalized spacial score (nSPS) is 12.9. The molecule has 11 aromatic rings. The van der Waals surface area contributed by atoms with Gasteiger partial charge in [-0.3, -0.25) is 17.7 Å². The predicted octanol–water partition coefficient (Wildman–Crippen LogP) is 19.6. The van der Waals surface area contributed by atoms with Gasteiger partial charge in [0.05, 0.1) is 0 Å². The summed E-state index contributed by atoms with van der Waals surface area (Å²) >= 11 is 0.